The molecule has 2 rings (SSSR count). The molecule has 0 aromatic heterocycles. The number of carbonyl (C=O) groups excluding carboxylic acids is 3. The van der Waals surface area contributed by atoms with E-state index in [4.69, 9.17) is 21.1 Å². The largest absolute Gasteiger partial charge is 0.467 e. The van der Waals surface area contributed by atoms with Gasteiger partial charge in [-0.1, -0.05) is 30.3 Å². The van der Waals surface area contributed by atoms with Crippen molar-refractivity contribution in [3.05, 3.63) is 35.9 Å². The van der Waals surface area contributed by atoms with Gasteiger partial charge in [-0.2, -0.15) is 0 Å². The van der Waals surface area contributed by atoms with Gasteiger partial charge in [-0.25, -0.2) is 4.79 Å². The van der Waals surface area contributed by atoms with Gasteiger partial charge in [-0.15, -0.1) is 11.6 Å². The van der Waals surface area contributed by atoms with Crippen LogP contribution in [0, 0.1) is 5.92 Å². The van der Waals surface area contributed by atoms with Crippen molar-refractivity contribution in [1.82, 2.24) is 4.90 Å². The lowest BCUT2D eigenvalue weighted by atomic mass is 9.90. The topological polar surface area (TPSA) is 72.9 Å². The molecule has 1 saturated heterocycles. The number of rotatable bonds is 4. The maximum Gasteiger partial charge on any atom is 0.331 e. The predicted molar refractivity (Wildman–Crippen MR) is 101 cm³/mol. The minimum absolute atomic E-state index is 0.0940. The number of hydrogen-bond donors (Lipinski definition) is 0. The number of methoxy groups -OCH3 is 1. The highest BCUT2D eigenvalue weighted by molar-refractivity contribution is 6.27. The fourth-order valence-electron chi connectivity index (χ4n) is 3.64. The lowest BCUT2D eigenvalue weighted by molar-refractivity contribution is -0.161. The number of likely N-dealkylation sites (tertiary alicyclic amines) is 1. The summed E-state index contributed by atoms with van der Waals surface area (Å²) in [6.45, 7) is 6.93. The van der Waals surface area contributed by atoms with Gasteiger partial charge in [0.15, 0.2) is 0 Å². The summed E-state index contributed by atoms with van der Waals surface area (Å²) >= 11 is 5.83. The molecule has 0 bridgehead atoms. The Morgan fingerprint density at radius 3 is 2.30 bits per heavy atom. The number of hydrogen-bond acceptors (Lipinski definition) is 5. The molecule has 7 heteroatoms. The van der Waals surface area contributed by atoms with E-state index in [1.807, 2.05) is 30.3 Å². The van der Waals surface area contributed by atoms with Crippen LogP contribution in [0.3, 0.4) is 0 Å². The Morgan fingerprint density at radius 1 is 1.22 bits per heavy atom. The Bertz CT molecular complexity index is 715. The first-order valence-electron chi connectivity index (χ1n) is 8.79. The van der Waals surface area contributed by atoms with Gasteiger partial charge in [0.25, 0.3) is 0 Å². The van der Waals surface area contributed by atoms with Gasteiger partial charge >= 0.3 is 11.9 Å². The van der Waals surface area contributed by atoms with Crippen LogP contribution in [0.5, 0.6) is 0 Å². The summed E-state index contributed by atoms with van der Waals surface area (Å²) in [5.41, 5.74) is -1.27. The molecule has 148 valence electrons. The Balaban J connectivity index is 2.59. The zero-order chi connectivity index (χ0) is 20.4. The van der Waals surface area contributed by atoms with Gasteiger partial charge in [0.05, 0.1) is 19.1 Å². The average molecular weight is 396 g/mol. The molecule has 1 aliphatic heterocycles. The minimum atomic E-state index is -1.32. The van der Waals surface area contributed by atoms with Crippen LogP contribution in [-0.4, -0.2) is 46.9 Å². The first-order valence-corrected chi connectivity index (χ1v) is 9.33. The number of amides is 1. The van der Waals surface area contributed by atoms with E-state index in [-0.39, 0.29) is 12.3 Å². The third-order valence-corrected chi connectivity index (χ3v) is 4.90. The van der Waals surface area contributed by atoms with Gasteiger partial charge in [-0.05, 0) is 39.7 Å². The van der Waals surface area contributed by atoms with Crippen molar-refractivity contribution in [3.63, 3.8) is 0 Å². The molecule has 0 radical (unpaired) electrons. The number of benzene rings is 1. The predicted octanol–water partition coefficient (Wildman–Crippen LogP) is 3.09. The van der Waals surface area contributed by atoms with Crippen molar-refractivity contribution in [3.8, 4) is 0 Å². The van der Waals surface area contributed by atoms with Crippen molar-refractivity contribution in [2.75, 3.05) is 13.0 Å². The fraction of sp³-hybridized carbons (Fsp3) is 0.550. The second-order valence-corrected chi connectivity index (χ2v) is 8.13. The molecule has 1 fully saturated rings. The average Bonchev–Trinajstić information content (AvgIpc) is 2.94. The van der Waals surface area contributed by atoms with Crippen molar-refractivity contribution < 1.29 is 23.9 Å². The van der Waals surface area contributed by atoms with Gasteiger partial charge in [0.1, 0.15) is 17.0 Å². The molecule has 3 atom stereocenters. The molecule has 1 aliphatic rings. The van der Waals surface area contributed by atoms with Crippen LogP contribution in [0.1, 0.15) is 45.7 Å². The highest BCUT2D eigenvalue weighted by atomic mass is 35.5. The smallest absolute Gasteiger partial charge is 0.331 e. The van der Waals surface area contributed by atoms with E-state index in [9.17, 15) is 14.4 Å². The summed E-state index contributed by atoms with van der Waals surface area (Å²) < 4.78 is 10.5. The summed E-state index contributed by atoms with van der Waals surface area (Å²) in [7, 11) is 1.26. The third-order valence-electron chi connectivity index (χ3n) is 4.67. The first kappa shape index (κ1) is 21.2. The van der Waals surface area contributed by atoms with Crippen LogP contribution in [0.15, 0.2) is 30.3 Å². The van der Waals surface area contributed by atoms with E-state index >= 15 is 0 Å². The van der Waals surface area contributed by atoms with Gasteiger partial charge in [0.2, 0.25) is 5.91 Å². The molecule has 0 saturated carbocycles. The molecule has 1 amide bonds. The van der Waals surface area contributed by atoms with Crippen molar-refractivity contribution in [1.29, 1.82) is 0 Å². The monoisotopic (exact) mass is 395 g/mol. The van der Waals surface area contributed by atoms with Gasteiger partial charge in [0, 0.05) is 0 Å². The second kappa shape index (κ2) is 7.89. The summed E-state index contributed by atoms with van der Waals surface area (Å²) in [6, 6.07) is 8.45. The maximum absolute atomic E-state index is 13.0. The van der Waals surface area contributed by atoms with E-state index in [0.29, 0.717) is 0 Å². The molecule has 6 nitrogen and oxygen atoms in total. The molecule has 1 heterocycles. The van der Waals surface area contributed by atoms with Crippen LogP contribution in [0.25, 0.3) is 0 Å². The number of carbonyl (C=O) groups is 3. The Morgan fingerprint density at radius 2 is 1.81 bits per heavy atom. The Kier molecular flexibility index (Phi) is 6.20. The normalized spacial score (nSPS) is 25.2. The molecular weight excluding hydrogens is 370 g/mol. The molecule has 27 heavy (non-hydrogen) atoms. The fourth-order valence-corrected chi connectivity index (χ4v) is 3.77. The van der Waals surface area contributed by atoms with Crippen molar-refractivity contribution >= 4 is 29.4 Å². The molecule has 3 unspecified atom stereocenters. The first-order chi connectivity index (χ1) is 12.5. The highest BCUT2D eigenvalue weighted by Gasteiger charge is 2.59. The summed E-state index contributed by atoms with van der Waals surface area (Å²) in [5, 5.41) is 0. The standard InChI is InChI=1S/C20H26ClNO5/c1-19(2,3)27-17(24)14-11-20(4,18(25)26-5)22(15(23)12-21)16(14)13-9-7-6-8-10-13/h6-10,14,16H,11-12H2,1-5H3. The van der Waals surface area contributed by atoms with E-state index in [2.05, 4.69) is 0 Å². The SMILES string of the molecule is COC(=O)C1(C)CC(C(=O)OC(C)(C)C)C(c2ccccc2)N1C(=O)CCl. The van der Waals surface area contributed by atoms with Crippen LogP contribution >= 0.6 is 11.6 Å². The quantitative estimate of drug-likeness (QED) is 0.578. The van der Waals surface area contributed by atoms with Gasteiger partial charge < -0.3 is 14.4 Å². The van der Waals surface area contributed by atoms with Crippen LogP contribution in [-0.2, 0) is 23.9 Å². The second-order valence-electron chi connectivity index (χ2n) is 7.86. The molecule has 0 spiro atoms. The molecule has 1 aromatic rings. The van der Waals surface area contributed by atoms with Crippen molar-refractivity contribution in [2.24, 2.45) is 5.92 Å². The van der Waals surface area contributed by atoms with E-state index in [0.717, 1.165) is 5.56 Å². The Hall–Kier alpha value is -2.08. The number of halogens is 1. The number of alkyl halides is 1. The lowest BCUT2D eigenvalue weighted by Gasteiger charge is -2.36. The highest BCUT2D eigenvalue weighted by Crippen LogP contribution is 2.48. The number of ether oxygens (including phenoxy) is 2. The van der Waals surface area contributed by atoms with Crippen molar-refractivity contribution in [2.45, 2.75) is 51.3 Å². The summed E-state index contributed by atoms with van der Waals surface area (Å²) in [5.74, 6) is -2.52. The van der Waals surface area contributed by atoms with Crippen LogP contribution in [0.2, 0.25) is 0 Å². The zero-order valence-corrected chi connectivity index (χ0v) is 17.1. The Labute approximate surface area is 164 Å². The van der Waals surface area contributed by atoms with Gasteiger partial charge in [-0.3, -0.25) is 9.59 Å². The van der Waals surface area contributed by atoms with Crippen LogP contribution in [0.4, 0.5) is 0 Å². The number of esters is 2. The zero-order valence-electron chi connectivity index (χ0n) is 16.3. The molecular formula is C20H26ClNO5. The van der Waals surface area contributed by atoms with E-state index in [1.165, 1.54) is 12.0 Å². The maximum atomic E-state index is 13.0. The summed E-state index contributed by atoms with van der Waals surface area (Å²) in [6.07, 6.45) is 0.0940. The number of nitrogens with zero attached hydrogens (tertiary/aromatic N) is 1. The summed E-state index contributed by atoms with van der Waals surface area (Å²) in [4.78, 5) is 39.6. The molecule has 1 aromatic carbocycles. The molecule has 0 N–H and O–H groups in total. The van der Waals surface area contributed by atoms with E-state index < -0.39 is 40.9 Å². The van der Waals surface area contributed by atoms with Crippen LogP contribution < -0.4 is 0 Å². The lowest BCUT2D eigenvalue weighted by Crippen LogP contribution is -2.52. The third kappa shape index (κ3) is 4.26. The molecule has 0 aliphatic carbocycles. The minimum Gasteiger partial charge on any atom is -0.467 e. The van der Waals surface area contributed by atoms with E-state index in [1.54, 1.807) is 27.7 Å².